The normalized spacial score (nSPS) is 12.5. The van der Waals surface area contributed by atoms with Gasteiger partial charge in [0, 0.05) is 17.7 Å². The molecule has 0 N–H and O–H groups in total. The van der Waals surface area contributed by atoms with E-state index in [0.29, 0.717) is 6.04 Å². The fourth-order valence-electron chi connectivity index (χ4n) is 1.46. The molecular formula is C11H20N2. The van der Waals surface area contributed by atoms with Crippen molar-refractivity contribution in [3.8, 4) is 0 Å². The molecular weight excluding hydrogens is 160 g/mol. The molecule has 0 aliphatic rings. The van der Waals surface area contributed by atoms with Gasteiger partial charge in [-0.3, -0.25) is 0 Å². The Labute approximate surface area is 81.0 Å². The summed E-state index contributed by atoms with van der Waals surface area (Å²) in [5.74, 6) is 1.18. The zero-order chi connectivity index (χ0) is 10.2. The Hall–Kier alpha value is -0.790. The molecule has 0 atom stereocenters. The fraction of sp³-hybridized carbons (Fsp3) is 0.727. The van der Waals surface area contributed by atoms with E-state index in [1.165, 1.54) is 5.82 Å². The van der Waals surface area contributed by atoms with Gasteiger partial charge in [-0.25, -0.2) is 4.98 Å². The minimum atomic E-state index is 0.137. The molecule has 0 fully saturated rings. The van der Waals surface area contributed by atoms with Crippen LogP contribution >= 0.6 is 0 Å². The largest absolute Gasteiger partial charge is 0.332 e. The second-order valence-corrected chi connectivity index (χ2v) is 4.96. The molecule has 0 unspecified atom stereocenters. The lowest BCUT2D eigenvalue weighted by atomic mass is 9.95. The van der Waals surface area contributed by atoms with Crippen LogP contribution in [0.5, 0.6) is 0 Å². The third-order valence-electron chi connectivity index (χ3n) is 2.08. The lowest BCUT2D eigenvalue weighted by Gasteiger charge is -2.21. The molecule has 0 saturated heterocycles. The molecule has 74 valence electrons. The third-order valence-corrected chi connectivity index (χ3v) is 2.08. The average molecular weight is 180 g/mol. The van der Waals surface area contributed by atoms with Gasteiger partial charge in [0.05, 0.1) is 5.69 Å². The summed E-state index contributed by atoms with van der Waals surface area (Å²) >= 11 is 0. The number of imidazole rings is 1. The summed E-state index contributed by atoms with van der Waals surface area (Å²) in [7, 11) is 0. The third kappa shape index (κ3) is 2.11. The van der Waals surface area contributed by atoms with Crippen LogP contribution in [0.1, 0.15) is 52.2 Å². The van der Waals surface area contributed by atoms with Crippen molar-refractivity contribution in [2.45, 2.75) is 53.0 Å². The van der Waals surface area contributed by atoms with Crippen molar-refractivity contribution in [3.63, 3.8) is 0 Å². The number of hydrogen-bond donors (Lipinski definition) is 0. The van der Waals surface area contributed by atoms with E-state index in [2.05, 4.69) is 50.4 Å². The molecule has 0 spiro atoms. The zero-order valence-corrected chi connectivity index (χ0v) is 9.55. The lowest BCUT2D eigenvalue weighted by Crippen LogP contribution is -2.19. The Morgan fingerprint density at radius 3 is 2.15 bits per heavy atom. The maximum Gasteiger partial charge on any atom is 0.114 e. The van der Waals surface area contributed by atoms with Gasteiger partial charge in [-0.2, -0.15) is 0 Å². The SMILES string of the molecule is Cc1cn(C(C)C)c(C(C)(C)C)n1. The minimum Gasteiger partial charge on any atom is -0.332 e. The first-order valence-electron chi connectivity index (χ1n) is 4.88. The molecule has 2 nitrogen and oxygen atoms in total. The van der Waals surface area contributed by atoms with Crippen LogP contribution in [0.15, 0.2) is 6.20 Å². The fourth-order valence-corrected chi connectivity index (χ4v) is 1.46. The molecule has 0 radical (unpaired) electrons. The summed E-state index contributed by atoms with van der Waals surface area (Å²) in [6.07, 6.45) is 2.13. The van der Waals surface area contributed by atoms with Crippen molar-refractivity contribution in [3.05, 3.63) is 17.7 Å². The average Bonchev–Trinajstić information content (AvgIpc) is 2.29. The van der Waals surface area contributed by atoms with Gasteiger partial charge in [-0.15, -0.1) is 0 Å². The molecule has 1 rings (SSSR count). The van der Waals surface area contributed by atoms with Gasteiger partial charge in [0.1, 0.15) is 5.82 Å². The molecule has 0 aromatic carbocycles. The first kappa shape index (κ1) is 10.3. The van der Waals surface area contributed by atoms with Gasteiger partial charge in [0.2, 0.25) is 0 Å². The van der Waals surface area contributed by atoms with Crippen molar-refractivity contribution < 1.29 is 0 Å². The number of aromatic nitrogens is 2. The summed E-state index contributed by atoms with van der Waals surface area (Å²) in [4.78, 5) is 4.57. The summed E-state index contributed by atoms with van der Waals surface area (Å²) in [6.45, 7) is 13.0. The van der Waals surface area contributed by atoms with Crippen LogP contribution in [0, 0.1) is 6.92 Å². The Morgan fingerprint density at radius 1 is 1.31 bits per heavy atom. The smallest absolute Gasteiger partial charge is 0.114 e. The molecule has 1 aromatic heterocycles. The quantitative estimate of drug-likeness (QED) is 0.649. The highest BCUT2D eigenvalue weighted by atomic mass is 15.1. The van der Waals surface area contributed by atoms with Gasteiger partial charge in [-0.1, -0.05) is 20.8 Å². The molecule has 0 saturated carbocycles. The van der Waals surface area contributed by atoms with Crippen molar-refractivity contribution in [2.75, 3.05) is 0 Å². The Bertz CT molecular complexity index is 290. The number of aryl methyl sites for hydroxylation is 1. The van der Waals surface area contributed by atoms with Crippen LogP contribution in [0.3, 0.4) is 0 Å². The summed E-state index contributed by atoms with van der Waals surface area (Å²) in [5, 5.41) is 0. The van der Waals surface area contributed by atoms with Gasteiger partial charge in [-0.05, 0) is 20.8 Å². The van der Waals surface area contributed by atoms with Crippen LogP contribution < -0.4 is 0 Å². The van der Waals surface area contributed by atoms with Gasteiger partial charge in [0.25, 0.3) is 0 Å². The van der Waals surface area contributed by atoms with Gasteiger partial charge >= 0.3 is 0 Å². The van der Waals surface area contributed by atoms with Gasteiger partial charge < -0.3 is 4.57 Å². The van der Waals surface area contributed by atoms with Crippen molar-refractivity contribution in [1.82, 2.24) is 9.55 Å². The van der Waals surface area contributed by atoms with E-state index in [0.717, 1.165) is 5.69 Å². The lowest BCUT2D eigenvalue weighted by molar-refractivity contribution is 0.469. The van der Waals surface area contributed by atoms with E-state index in [1.54, 1.807) is 0 Å². The monoisotopic (exact) mass is 180 g/mol. The Kier molecular flexibility index (Phi) is 2.51. The topological polar surface area (TPSA) is 17.8 Å². The number of nitrogens with zero attached hydrogens (tertiary/aromatic N) is 2. The highest BCUT2D eigenvalue weighted by molar-refractivity contribution is 5.11. The van der Waals surface area contributed by atoms with E-state index in [-0.39, 0.29) is 5.41 Å². The van der Waals surface area contributed by atoms with Crippen LogP contribution in [0.2, 0.25) is 0 Å². The molecule has 2 heteroatoms. The van der Waals surface area contributed by atoms with E-state index >= 15 is 0 Å². The second kappa shape index (κ2) is 3.17. The number of hydrogen-bond acceptors (Lipinski definition) is 1. The highest BCUT2D eigenvalue weighted by Gasteiger charge is 2.21. The molecule has 0 aliphatic carbocycles. The predicted octanol–water partition coefficient (Wildman–Crippen LogP) is 3.07. The van der Waals surface area contributed by atoms with Crippen LogP contribution in [0.25, 0.3) is 0 Å². The summed E-state index contributed by atoms with van der Waals surface area (Å²) in [6, 6.07) is 0.496. The Balaban J connectivity index is 3.20. The first-order chi connectivity index (χ1) is 5.82. The van der Waals surface area contributed by atoms with Crippen molar-refractivity contribution in [2.24, 2.45) is 0 Å². The molecule has 0 bridgehead atoms. The van der Waals surface area contributed by atoms with Crippen LogP contribution in [0.4, 0.5) is 0 Å². The Morgan fingerprint density at radius 2 is 1.85 bits per heavy atom. The van der Waals surface area contributed by atoms with E-state index in [9.17, 15) is 0 Å². The van der Waals surface area contributed by atoms with E-state index < -0.39 is 0 Å². The number of rotatable bonds is 1. The minimum absolute atomic E-state index is 0.137. The molecule has 13 heavy (non-hydrogen) atoms. The van der Waals surface area contributed by atoms with E-state index in [4.69, 9.17) is 0 Å². The maximum absolute atomic E-state index is 4.57. The standard InChI is InChI=1S/C11H20N2/c1-8(2)13-7-9(3)12-10(13)11(4,5)6/h7-8H,1-6H3. The highest BCUT2D eigenvalue weighted by Crippen LogP contribution is 2.24. The zero-order valence-electron chi connectivity index (χ0n) is 9.55. The van der Waals surface area contributed by atoms with E-state index in [1.807, 2.05) is 6.92 Å². The summed E-state index contributed by atoms with van der Waals surface area (Å²) < 4.78 is 2.26. The molecule has 0 amide bonds. The van der Waals surface area contributed by atoms with Gasteiger partial charge in [0.15, 0.2) is 0 Å². The second-order valence-electron chi connectivity index (χ2n) is 4.96. The molecule has 0 aliphatic heterocycles. The van der Waals surface area contributed by atoms with Crippen LogP contribution in [-0.2, 0) is 5.41 Å². The predicted molar refractivity (Wildman–Crippen MR) is 56.0 cm³/mol. The molecule has 1 aromatic rings. The van der Waals surface area contributed by atoms with Crippen LogP contribution in [-0.4, -0.2) is 9.55 Å². The van der Waals surface area contributed by atoms with Crippen molar-refractivity contribution >= 4 is 0 Å². The first-order valence-corrected chi connectivity index (χ1v) is 4.88. The summed E-state index contributed by atoms with van der Waals surface area (Å²) in [5.41, 5.74) is 1.25. The van der Waals surface area contributed by atoms with Crippen molar-refractivity contribution in [1.29, 1.82) is 0 Å². The molecule has 1 heterocycles. The maximum atomic E-state index is 4.57.